The Morgan fingerprint density at radius 2 is 1.65 bits per heavy atom. The van der Waals surface area contributed by atoms with Crippen LogP contribution in [0.1, 0.15) is 34.3 Å². The Labute approximate surface area is 218 Å². The van der Waals surface area contributed by atoms with Gasteiger partial charge in [-0.05, 0) is 66.1 Å². The van der Waals surface area contributed by atoms with E-state index in [2.05, 4.69) is 0 Å². The number of nitrogens with zero attached hydrogens (tertiary/aromatic N) is 3. The van der Waals surface area contributed by atoms with Crippen LogP contribution in [0.4, 0.5) is 9.18 Å². The molecule has 2 aromatic carbocycles. The number of hydrogen-bond donors (Lipinski definition) is 0. The molecule has 37 heavy (non-hydrogen) atoms. The van der Waals surface area contributed by atoms with Crippen molar-refractivity contribution in [3.05, 3.63) is 75.9 Å². The zero-order chi connectivity index (χ0) is 25.9. The van der Waals surface area contributed by atoms with Gasteiger partial charge in [-0.1, -0.05) is 24.3 Å². The molecule has 0 N–H and O–H groups in total. The molecule has 3 heterocycles. The number of amides is 4. The summed E-state index contributed by atoms with van der Waals surface area (Å²) < 4.78 is 18.6. The predicted molar refractivity (Wildman–Crippen MR) is 136 cm³/mol. The molecule has 0 aromatic heterocycles. The number of imide groups is 1. The first-order chi connectivity index (χ1) is 17.9. The van der Waals surface area contributed by atoms with E-state index in [0.29, 0.717) is 54.4 Å². The second-order valence-electron chi connectivity index (χ2n) is 9.14. The predicted octanol–water partition coefficient (Wildman–Crippen LogP) is 3.53. The van der Waals surface area contributed by atoms with Gasteiger partial charge in [0.2, 0.25) is 0 Å². The third-order valence-electron chi connectivity index (χ3n) is 6.67. The number of thioether (sulfide) groups is 1. The van der Waals surface area contributed by atoms with Crippen molar-refractivity contribution in [3.8, 4) is 0 Å². The minimum absolute atomic E-state index is 0.0102. The van der Waals surface area contributed by atoms with Crippen LogP contribution in [0.5, 0.6) is 0 Å². The summed E-state index contributed by atoms with van der Waals surface area (Å²) in [6.07, 6.45) is 2.93. The molecule has 10 heteroatoms. The van der Waals surface area contributed by atoms with Crippen LogP contribution in [0.2, 0.25) is 0 Å². The molecular formula is C27H26FN3O5S. The summed E-state index contributed by atoms with van der Waals surface area (Å²) in [7, 11) is 0. The highest BCUT2D eigenvalue weighted by atomic mass is 32.2. The molecule has 192 valence electrons. The van der Waals surface area contributed by atoms with Crippen molar-refractivity contribution in [3.63, 3.8) is 0 Å². The van der Waals surface area contributed by atoms with Crippen molar-refractivity contribution in [1.82, 2.24) is 14.7 Å². The fourth-order valence-electron chi connectivity index (χ4n) is 4.57. The van der Waals surface area contributed by atoms with Crippen molar-refractivity contribution in [2.45, 2.75) is 25.5 Å². The first-order valence-electron chi connectivity index (χ1n) is 12.2. The van der Waals surface area contributed by atoms with E-state index >= 15 is 0 Å². The molecule has 0 spiro atoms. The van der Waals surface area contributed by atoms with Crippen molar-refractivity contribution in [2.75, 3.05) is 32.8 Å². The number of carbonyl (C=O) groups is 4. The highest BCUT2D eigenvalue weighted by Gasteiger charge is 2.35. The number of ether oxygens (including phenoxy) is 1. The molecule has 0 bridgehead atoms. The molecule has 5 rings (SSSR count). The summed E-state index contributed by atoms with van der Waals surface area (Å²) in [5.74, 6) is -0.896. The first-order valence-corrected chi connectivity index (χ1v) is 13.0. The number of carbonyl (C=O) groups excluding carboxylic acids is 4. The highest BCUT2D eigenvalue weighted by molar-refractivity contribution is 8.18. The molecule has 0 aliphatic carbocycles. The van der Waals surface area contributed by atoms with E-state index in [1.54, 1.807) is 52.3 Å². The smallest absolute Gasteiger partial charge is 0.293 e. The van der Waals surface area contributed by atoms with Gasteiger partial charge in [-0.3, -0.25) is 24.1 Å². The number of hydrogen-bond acceptors (Lipinski definition) is 6. The zero-order valence-electron chi connectivity index (χ0n) is 20.1. The van der Waals surface area contributed by atoms with Gasteiger partial charge in [0.1, 0.15) is 11.9 Å². The summed E-state index contributed by atoms with van der Waals surface area (Å²) >= 11 is 0.852. The summed E-state index contributed by atoms with van der Waals surface area (Å²) in [5.41, 5.74) is 1.86. The molecule has 1 atom stereocenters. The molecular weight excluding hydrogens is 497 g/mol. The fraction of sp³-hybridized carbons (Fsp3) is 0.333. The maximum absolute atomic E-state index is 13.1. The van der Waals surface area contributed by atoms with Gasteiger partial charge in [-0.15, -0.1) is 0 Å². The molecule has 3 fully saturated rings. The largest absolute Gasteiger partial charge is 0.368 e. The van der Waals surface area contributed by atoms with E-state index in [0.717, 1.165) is 29.5 Å². The Bertz CT molecular complexity index is 1230. The van der Waals surface area contributed by atoms with Crippen LogP contribution in [0.3, 0.4) is 0 Å². The number of piperazine rings is 1. The number of rotatable bonds is 5. The van der Waals surface area contributed by atoms with Gasteiger partial charge < -0.3 is 14.5 Å². The lowest BCUT2D eigenvalue weighted by atomic mass is 10.1. The molecule has 3 saturated heterocycles. The quantitative estimate of drug-likeness (QED) is 0.558. The number of halogens is 1. The molecule has 8 nitrogen and oxygen atoms in total. The van der Waals surface area contributed by atoms with Gasteiger partial charge in [0.15, 0.2) is 0 Å². The van der Waals surface area contributed by atoms with Gasteiger partial charge in [0, 0.05) is 38.3 Å². The van der Waals surface area contributed by atoms with E-state index in [1.807, 2.05) is 0 Å². The van der Waals surface area contributed by atoms with E-state index in [1.165, 1.54) is 12.1 Å². The Hall–Kier alpha value is -3.50. The topological polar surface area (TPSA) is 87.2 Å². The van der Waals surface area contributed by atoms with Crippen molar-refractivity contribution in [1.29, 1.82) is 0 Å². The normalized spacial score (nSPS) is 21.3. The average Bonchev–Trinajstić information content (AvgIpc) is 3.55. The minimum Gasteiger partial charge on any atom is -0.368 e. The summed E-state index contributed by atoms with van der Waals surface area (Å²) in [5, 5.41) is -0.385. The van der Waals surface area contributed by atoms with Crippen LogP contribution in [0.15, 0.2) is 53.4 Å². The standard InChI is InChI=1S/C27H26FN3O5S/c28-21-9-5-19(6-10-21)17-31-26(34)23(37-27(31)35)16-18-3-7-20(8-4-18)24(32)29-11-13-30(14-12-29)25(33)22-2-1-15-36-22/h3-10,16,22H,1-2,11-15,17H2/b23-16-/t22-/m0/s1. The third kappa shape index (κ3) is 5.60. The Morgan fingerprint density at radius 3 is 2.30 bits per heavy atom. The molecule has 0 radical (unpaired) electrons. The molecule has 3 aliphatic heterocycles. The SMILES string of the molecule is O=C(c1ccc(/C=C2\SC(=O)N(Cc3ccc(F)cc3)C2=O)cc1)N1CCN(C(=O)[C@@H]2CCCO2)CC1. The maximum Gasteiger partial charge on any atom is 0.293 e. The maximum atomic E-state index is 13.1. The third-order valence-corrected chi connectivity index (χ3v) is 7.57. The zero-order valence-corrected chi connectivity index (χ0v) is 20.9. The van der Waals surface area contributed by atoms with E-state index in [9.17, 15) is 23.6 Å². The van der Waals surface area contributed by atoms with Crippen molar-refractivity contribution in [2.24, 2.45) is 0 Å². The average molecular weight is 524 g/mol. The van der Waals surface area contributed by atoms with E-state index < -0.39 is 5.91 Å². The van der Waals surface area contributed by atoms with Gasteiger partial charge in [0.05, 0.1) is 11.4 Å². The van der Waals surface area contributed by atoms with Gasteiger partial charge in [0.25, 0.3) is 23.0 Å². The molecule has 2 aromatic rings. The number of benzene rings is 2. The summed E-state index contributed by atoms with van der Waals surface area (Å²) in [6, 6.07) is 12.5. The second kappa shape index (κ2) is 10.9. The van der Waals surface area contributed by atoms with Crippen LogP contribution >= 0.6 is 11.8 Å². The van der Waals surface area contributed by atoms with Crippen LogP contribution in [-0.2, 0) is 20.9 Å². The molecule has 4 amide bonds. The van der Waals surface area contributed by atoms with Crippen LogP contribution < -0.4 is 0 Å². The lowest BCUT2D eigenvalue weighted by Crippen LogP contribution is -2.52. The van der Waals surface area contributed by atoms with Crippen LogP contribution in [-0.4, -0.2) is 76.6 Å². The van der Waals surface area contributed by atoms with Crippen molar-refractivity contribution >= 4 is 40.8 Å². The minimum atomic E-state index is -0.408. The molecule has 0 unspecified atom stereocenters. The lowest BCUT2D eigenvalue weighted by Gasteiger charge is -2.35. The summed E-state index contributed by atoms with van der Waals surface area (Å²) in [6.45, 7) is 2.58. The Balaban J connectivity index is 1.18. The monoisotopic (exact) mass is 523 g/mol. The van der Waals surface area contributed by atoms with Crippen LogP contribution in [0, 0.1) is 5.82 Å². The van der Waals surface area contributed by atoms with E-state index in [-0.39, 0.29) is 35.5 Å². The lowest BCUT2D eigenvalue weighted by molar-refractivity contribution is -0.142. The van der Waals surface area contributed by atoms with E-state index in [4.69, 9.17) is 4.74 Å². The summed E-state index contributed by atoms with van der Waals surface area (Å²) in [4.78, 5) is 55.6. The Kier molecular flexibility index (Phi) is 7.38. The van der Waals surface area contributed by atoms with Crippen molar-refractivity contribution < 1.29 is 28.3 Å². The fourth-order valence-corrected chi connectivity index (χ4v) is 5.41. The first kappa shape index (κ1) is 25.2. The van der Waals surface area contributed by atoms with Crippen LogP contribution in [0.25, 0.3) is 6.08 Å². The Morgan fingerprint density at radius 1 is 0.973 bits per heavy atom. The van der Waals surface area contributed by atoms with Gasteiger partial charge in [-0.2, -0.15) is 0 Å². The van der Waals surface area contributed by atoms with Gasteiger partial charge >= 0.3 is 0 Å². The second-order valence-corrected chi connectivity index (χ2v) is 10.1. The van der Waals surface area contributed by atoms with Gasteiger partial charge in [-0.25, -0.2) is 4.39 Å². The highest BCUT2D eigenvalue weighted by Crippen LogP contribution is 2.33. The molecule has 0 saturated carbocycles. The molecule has 3 aliphatic rings.